The van der Waals surface area contributed by atoms with Gasteiger partial charge >= 0.3 is 0 Å². The lowest BCUT2D eigenvalue weighted by atomic mass is 10.2. The van der Waals surface area contributed by atoms with Crippen LogP contribution in [0.15, 0.2) is 89.3 Å². The molecule has 1 aromatic heterocycles. The fourth-order valence-electron chi connectivity index (χ4n) is 3.06. The molecule has 4 rings (SSSR count). The van der Waals surface area contributed by atoms with Gasteiger partial charge in [0.2, 0.25) is 0 Å². The molecule has 0 bridgehead atoms. The maximum absolute atomic E-state index is 13.2. The van der Waals surface area contributed by atoms with Crippen molar-refractivity contribution < 1.29 is 4.74 Å². The van der Waals surface area contributed by atoms with Gasteiger partial charge in [0.15, 0.2) is 11.6 Å². The first-order valence-electron chi connectivity index (χ1n) is 9.43. The number of ether oxygens (including phenoxy) is 1. The Kier molecular flexibility index (Phi) is 6.16. The van der Waals surface area contributed by atoms with Crippen molar-refractivity contribution in [3.05, 3.63) is 105 Å². The van der Waals surface area contributed by atoms with E-state index >= 15 is 0 Å². The van der Waals surface area contributed by atoms with Crippen LogP contribution >= 0.6 is 23.2 Å². The third kappa shape index (κ3) is 4.38. The fourth-order valence-corrected chi connectivity index (χ4v) is 3.68. The normalized spacial score (nSPS) is 11.2. The van der Waals surface area contributed by atoms with Gasteiger partial charge in [-0.1, -0.05) is 78.3 Å². The Balaban J connectivity index is 1.83. The maximum atomic E-state index is 13.2. The van der Waals surface area contributed by atoms with E-state index in [0.717, 1.165) is 5.56 Å². The van der Waals surface area contributed by atoms with Gasteiger partial charge in [-0.3, -0.25) is 4.79 Å². The van der Waals surface area contributed by atoms with Crippen molar-refractivity contribution in [1.82, 2.24) is 9.66 Å². The molecule has 0 N–H and O–H groups in total. The van der Waals surface area contributed by atoms with Crippen LogP contribution in [0.25, 0.3) is 22.3 Å². The van der Waals surface area contributed by atoms with Crippen molar-refractivity contribution in [3.63, 3.8) is 0 Å². The number of nitrogens with zero attached hydrogens (tertiary/aromatic N) is 3. The molecule has 154 valence electrons. The Morgan fingerprint density at radius 2 is 1.71 bits per heavy atom. The molecule has 0 radical (unpaired) electrons. The van der Waals surface area contributed by atoms with Gasteiger partial charge in [-0.05, 0) is 29.8 Å². The second-order valence-corrected chi connectivity index (χ2v) is 7.41. The smallest absolute Gasteiger partial charge is 0.282 e. The summed E-state index contributed by atoms with van der Waals surface area (Å²) in [5, 5.41) is 5.57. The fraction of sp³-hybridized carbons (Fsp3) is 0.0417. The molecule has 0 saturated carbocycles. The molecule has 0 spiro atoms. The molecular weight excluding hydrogens is 433 g/mol. The standard InChI is InChI=1S/C24H17Cl2N3O2/c1-2-12-31-22-19(25)13-16(14-20(22)26)15-27-29-23(17-8-4-3-5-9-17)28-21-11-7-6-10-18(21)24(29)30/h2-11,13-15H,1,12H2. The quantitative estimate of drug-likeness (QED) is 0.275. The van der Waals surface area contributed by atoms with Crippen molar-refractivity contribution in [1.29, 1.82) is 0 Å². The molecule has 0 aliphatic heterocycles. The molecule has 5 nitrogen and oxygen atoms in total. The molecule has 31 heavy (non-hydrogen) atoms. The molecular formula is C24H17Cl2N3O2. The van der Waals surface area contributed by atoms with Gasteiger partial charge in [-0.2, -0.15) is 9.78 Å². The summed E-state index contributed by atoms with van der Waals surface area (Å²) < 4.78 is 6.77. The van der Waals surface area contributed by atoms with E-state index in [2.05, 4.69) is 16.7 Å². The van der Waals surface area contributed by atoms with Crippen LogP contribution in [0.2, 0.25) is 10.0 Å². The number of para-hydroxylation sites is 1. The molecule has 3 aromatic carbocycles. The average molecular weight is 450 g/mol. The number of aromatic nitrogens is 2. The minimum Gasteiger partial charge on any atom is -0.486 e. The predicted octanol–water partition coefficient (Wildman–Crippen LogP) is 5.82. The minimum absolute atomic E-state index is 0.274. The first-order valence-corrected chi connectivity index (χ1v) is 10.2. The Labute approximate surface area is 188 Å². The van der Waals surface area contributed by atoms with Crippen LogP contribution in [0.1, 0.15) is 5.56 Å². The summed E-state index contributed by atoms with van der Waals surface area (Å²) in [6.45, 7) is 3.89. The van der Waals surface area contributed by atoms with E-state index in [1.165, 1.54) is 10.9 Å². The SMILES string of the molecule is C=CCOc1c(Cl)cc(C=Nn2c(-c3ccccc3)nc3ccccc3c2=O)cc1Cl. The van der Waals surface area contributed by atoms with Gasteiger partial charge in [-0.15, -0.1) is 0 Å². The Morgan fingerprint density at radius 1 is 1.03 bits per heavy atom. The van der Waals surface area contributed by atoms with E-state index in [0.29, 0.717) is 38.1 Å². The van der Waals surface area contributed by atoms with Crippen LogP contribution < -0.4 is 10.3 Å². The molecule has 0 atom stereocenters. The van der Waals surface area contributed by atoms with Crippen LogP contribution in [-0.4, -0.2) is 22.5 Å². The number of fused-ring (bicyclic) bond motifs is 1. The highest BCUT2D eigenvalue weighted by molar-refractivity contribution is 6.37. The largest absolute Gasteiger partial charge is 0.486 e. The van der Waals surface area contributed by atoms with Crippen molar-refractivity contribution in [2.75, 3.05) is 6.61 Å². The molecule has 1 heterocycles. The van der Waals surface area contributed by atoms with Crippen molar-refractivity contribution in [2.45, 2.75) is 0 Å². The van der Waals surface area contributed by atoms with Crippen LogP contribution in [0.4, 0.5) is 0 Å². The number of benzene rings is 3. The second kappa shape index (κ2) is 9.16. The highest BCUT2D eigenvalue weighted by Crippen LogP contribution is 2.34. The first-order chi connectivity index (χ1) is 15.1. The van der Waals surface area contributed by atoms with Crippen LogP contribution in [-0.2, 0) is 0 Å². The first kappa shape index (κ1) is 20.8. The van der Waals surface area contributed by atoms with E-state index in [1.807, 2.05) is 36.4 Å². The molecule has 0 aliphatic carbocycles. The third-order valence-corrected chi connectivity index (χ3v) is 5.04. The molecule has 7 heteroatoms. The number of hydrogen-bond acceptors (Lipinski definition) is 4. The summed E-state index contributed by atoms with van der Waals surface area (Å²) in [6, 6.07) is 19.9. The highest BCUT2D eigenvalue weighted by atomic mass is 35.5. The van der Waals surface area contributed by atoms with E-state index in [1.54, 1.807) is 36.4 Å². The van der Waals surface area contributed by atoms with Crippen molar-refractivity contribution in [3.8, 4) is 17.1 Å². The van der Waals surface area contributed by atoms with Gasteiger partial charge in [0.1, 0.15) is 6.61 Å². The Morgan fingerprint density at radius 3 is 2.42 bits per heavy atom. The summed E-state index contributed by atoms with van der Waals surface area (Å²) in [7, 11) is 0. The van der Waals surface area contributed by atoms with Crippen molar-refractivity contribution in [2.24, 2.45) is 5.10 Å². The highest BCUT2D eigenvalue weighted by Gasteiger charge is 2.13. The lowest BCUT2D eigenvalue weighted by molar-refractivity contribution is 0.363. The van der Waals surface area contributed by atoms with Gasteiger partial charge < -0.3 is 4.74 Å². The monoisotopic (exact) mass is 449 g/mol. The second-order valence-electron chi connectivity index (χ2n) is 6.59. The van der Waals surface area contributed by atoms with Gasteiger partial charge in [0, 0.05) is 5.56 Å². The predicted molar refractivity (Wildman–Crippen MR) is 127 cm³/mol. The average Bonchev–Trinajstić information content (AvgIpc) is 2.78. The Hall–Kier alpha value is -3.41. The summed E-state index contributed by atoms with van der Waals surface area (Å²) in [4.78, 5) is 17.8. The lowest BCUT2D eigenvalue weighted by Crippen LogP contribution is -2.20. The maximum Gasteiger partial charge on any atom is 0.282 e. The van der Waals surface area contributed by atoms with Gasteiger partial charge in [-0.25, -0.2) is 4.98 Å². The molecule has 0 unspecified atom stereocenters. The van der Waals surface area contributed by atoms with E-state index in [4.69, 9.17) is 27.9 Å². The molecule has 0 saturated heterocycles. The molecule has 0 amide bonds. The summed E-state index contributed by atoms with van der Waals surface area (Å²) in [5.74, 6) is 0.804. The van der Waals surface area contributed by atoms with Crippen LogP contribution in [0.5, 0.6) is 5.75 Å². The van der Waals surface area contributed by atoms with E-state index in [-0.39, 0.29) is 12.2 Å². The number of halogens is 2. The zero-order valence-electron chi connectivity index (χ0n) is 16.3. The van der Waals surface area contributed by atoms with E-state index < -0.39 is 0 Å². The Bertz CT molecular complexity index is 1330. The van der Waals surface area contributed by atoms with Crippen molar-refractivity contribution >= 4 is 40.3 Å². The third-order valence-electron chi connectivity index (χ3n) is 4.47. The molecule has 4 aromatic rings. The van der Waals surface area contributed by atoms with Crippen LogP contribution in [0.3, 0.4) is 0 Å². The molecule has 0 aliphatic rings. The molecule has 0 fully saturated rings. The summed E-state index contributed by atoms with van der Waals surface area (Å²) in [5.41, 5.74) is 1.71. The van der Waals surface area contributed by atoms with Gasteiger partial charge in [0.25, 0.3) is 5.56 Å². The van der Waals surface area contributed by atoms with E-state index in [9.17, 15) is 4.79 Å². The minimum atomic E-state index is -0.274. The zero-order chi connectivity index (χ0) is 21.8. The summed E-state index contributed by atoms with van der Waals surface area (Å²) >= 11 is 12.6. The summed E-state index contributed by atoms with van der Waals surface area (Å²) in [6.07, 6.45) is 3.12. The lowest BCUT2D eigenvalue weighted by Gasteiger charge is -2.10. The number of hydrogen-bond donors (Lipinski definition) is 0. The topological polar surface area (TPSA) is 56.5 Å². The number of rotatable bonds is 6. The van der Waals surface area contributed by atoms with Crippen LogP contribution in [0, 0.1) is 0 Å². The van der Waals surface area contributed by atoms with Gasteiger partial charge in [0.05, 0.1) is 27.2 Å². The zero-order valence-corrected chi connectivity index (χ0v) is 17.8.